The van der Waals surface area contributed by atoms with Crippen molar-refractivity contribution in [3.8, 4) is 0 Å². The Hall–Kier alpha value is -1.51. The van der Waals surface area contributed by atoms with E-state index < -0.39 is 11.4 Å². The molecule has 1 N–H and O–H groups in total. The summed E-state index contributed by atoms with van der Waals surface area (Å²) in [6, 6.07) is 0. The lowest BCUT2D eigenvalue weighted by atomic mass is 9.90. The first-order chi connectivity index (χ1) is 11.2. The van der Waals surface area contributed by atoms with Crippen LogP contribution in [0.15, 0.2) is 0 Å². The predicted molar refractivity (Wildman–Crippen MR) is 88.6 cm³/mol. The third-order valence-corrected chi connectivity index (χ3v) is 4.09. The fourth-order valence-corrected chi connectivity index (χ4v) is 2.40. The van der Waals surface area contributed by atoms with E-state index in [4.69, 9.17) is 9.84 Å². The lowest BCUT2D eigenvalue weighted by Crippen LogP contribution is -2.42. The number of carbonyl (C=O) groups is 3. The average Bonchev–Trinajstić information content (AvgIpc) is 2.56. The maximum Gasteiger partial charge on any atom is 0.317 e. The van der Waals surface area contributed by atoms with Crippen LogP contribution in [0.4, 0.5) is 0 Å². The molecule has 0 bridgehead atoms. The number of hydrogen-bond donors (Lipinski definition) is 1. The number of carbonyl (C=O) groups excluding carboxylic acids is 2. The zero-order chi connectivity index (χ0) is 18.2. The molecule has 138 valence electrons. The number of rotatable bonds is 7. The van der Waals surface area contributed by atoms with Crippen LogP contribution in [0.3, 0.4) is 0 Å². The molecule has 0 aromatic carbocycles. The molecule has 1 aliphatic rings. The predicted octanol–water partition coefficient (Wildman–Crippen LogP) is -0.264. The highest BCUT2D eigenvalue weighted by Crippen LogP contribution is 2.15. The number of carboxylic acid groups (broad SMARTS) is 1. The standard InChI is InChI=1S/C16H29N3O5/c1-16(2,3)14(21)10-17-4-5-18(11-15(22)23)7-9-19(8-6-17)12-24-13-20/h13H,4-12H2,1-3H3,(H,22,23). The van der Waals surface area contributed by atoms with Crippen molar-refractivity contribution in [3.63, 3.8) is 0 Å². The van der Waals surface area contributed by atoms with Crippen LogP contribution >= 0.6 is 0 Å². The van der Waals surface area contributed by atoms with Gasteiger partial charge in [0.05, 0.1) is 13.1 Å². The van der Waals surface area contributed by atoms with Crippen LogP contribution in [0.5, 0.6) is 0 Å². The fraction of sp³-hybridized carbons (Fsp3) is 0.812. The molecule has 8 nitrogen and oxygen atoms in total. The maximum atomic E-state index is 12.3. The number of nitrogens with zero attached hydrogens (tertiary/aromatic N) is 3. The lowest BCUT2D eigenvalue weighted by molar-refractivity contribution is -0.138. The van der Waals surface area contributed by atoms with Crippen LogP contribution < -0.4 is 0 Å². The molecule has 1 aliphatic heterocycles. The van der Waals surface area contributed by atoms with E-state index in [0.717, 1.165) is 0 Å². The molecule has 0 spiro atoms. The Morgan fingerprint density at radius 3 is 1.83 bits per heavy atom. The molecular formula is C16H29N3O5. The molecule has 1 rings (SSSR count). The van der Waals surface area contributed by atoms with Gasteiger partial charge in [-0.2, -0.15) is 0 Å². The monoisotopic (exact) mass is 343 g/mol. The zero-order valence-corrected chi connectivity index (χ0v) is 14.9. The van der Waals surface area contributed by atoms with Crippen molar-refractivity contribution < 1.29 is 24.2 Å². The number of ether oxygens (including phenoxy) is 1. The molecule has 8 heteroatoms. The summed E-state index contributed by atoms with van der Waals surface area (Å²) < 4.78 is 4.82. The topological polar surface area (TPSA) is 90.4 Å². The Balaban J connectivity index is 2.73. The second-order valence-corrected chi connectivity index (χ2v) is 7.13. The Labute approximate surface area is 143 Å². The second-order valence-electron chi connectivity index (χ2n) is 7.13. The van der Waals surface area contributed by atoms with Gasteiger partial charge in [-0.15, -0.1) is 0 Å². The smallest absolute Gasteiger partial charge is 0.317 e. The summed E-state index contributed by atoms with van der Waals surface area (Å²) in [5, 5.41) is 9.03. The molecule has 0 aliphatic carbocycles. The highest BCUT2D eigenvalue weighted by molar-refractivity contribution is 5.85. The molecule has 0 aromatic heterocycles. The molecule has 1 heterocycles. The summed E-state index contributed by atoms with van der Waals surface area (Å²) in [6.07, 6.45) is 0. The van der Waals surface area contributed by atoms with Crippen molar-refractivity contribution >= 4 is 18.2 Å². The van der Waals surface area contributed by atoms with E-state index in [1.165, 1.54) is 0 Å². The van der Waals surface area contributed by atoms with Crippen LogP contribution in [-0.4, -0.2) is 97.1 Å². The van der Waals surface area contributed by atoms with E-state index in [2.05, 4.69) is 0 Å². The van der Waals surface area contributed by atoms with Crippen LogP contribution in [0.2, 0.25) is 0 Å². The summed E-state index contributed by atoms with van der Waals surface area (Å²) in [4.78, 5) is 39.5. The molecule has 24 heavy (non-hydrogen) atoms. The number of Topliss-reactive ketones (excluding diaryl/α,β-unsaturated/α-hetero) is 1. The Morgan fingerprint density at radius 1 is 0.958 bits per heavy atom. The second kappa shape index (κ2) is 9.71. The van der Waals surface area contributed by atoms with Gasteiger partial charge in [-0.25, -0.2) is 0 Å². The van der Waals surface area contributed by atoms with Gasteiger partial charge in [-0.3, -0.25) is 29.1 Å². The summed E-state index contributed by atoms with van der Waals surface area (Å²) in [6.45, 7) is 10.3. The Bertz CT molecular complexity index is 436. The lowest BCUT2D eigenvalue weighted by Gasteiger charge is -2.27. The van der Waals surface area contributed by atoms with Gasteiger partial charge < -0.3 is 9.84 Å². The van der Waals surface area contributed by atoms with E-state index in [9.17, 15) is 14.4 Å². The number of carboxylic acids is 1. The van der Waals surface area contributed by atoms with E-state index in [-0.39, 0.29) is 19.1 Å². The van der Waals surface area contributed by atoms with Crippen molar-refractivity contribution in [3.05, 3.63) is 0 Å². The number of aliphatic carboxylic acids is 1. The summed E-state index contributed by atoms with van der Waals surface area (Å²) in [5.74, 6) is -0.718. The third-order valence-electron chi connectivity index (χ3n) is 4.09. The first kappa shape index (κ1) is 20.5. The molecule has 1 fully saturated rings. The molecule has 0 unspecified atom stereocenters. The number of ketones is 1. The molecule has 0 saturated carbocycles. The van der Waals surface area contributed by atoms with Crippen molar-refractivity contribution in [2.24, 2.45) is 5.41 Å². The Kier molecular flexibility index (Phi) is 8.30. The minimum absolute atomic E-state index is 0.0383. The summed E-state index contributed by atoms with van der Waals surface area (Å²) >= 11 is 0. The van der Waals surface area contributed by atoms with Crippen molar-refractivity contribution in [1.29, 1.82) is 0 Å². The molecule has 0 atom stereocenters. The first-order valence-electron chi connectivity index (χ1n) is 8.20. The van der Waals surface area contributed by atoms with Crippen LogP contribution in [-0.2, 0) is 19.1 Å². The third kappa shape index (κ3) is 7.85. The Morgan fingerprint density at radius 2 is 1.42 bits per heavy atom. The van der Waals surface area contributed by atoms with E-state index in [1.807, 2.05) is 35.5 Å². The van der Waals surface area contributed by atoms with Crippen molar-refractivity contribution in [2.45, 2.75) is 20.8 Å². The molecular weight excluding hydrogens is 314 g/mol. The SMILES string of the molecule is CC(C)(C)C(=O)CN1CCN(COC=O)CCN(CC(=O)O)CC1. The molecule has 1 saturated heterocycles. The van der Waals surface area contributed by atoms with Crippen LogP contribution in [0, 0.1) is 5.41 Å². The van der Waals surface area contributed by atoms with Gasteiger partial charge in [0.1, 0.15) is 6.73 Å². The minimum atomic E-state index is -0.873. The minimum Gasteiger partial charge on any atom is -0.480 e. The van der Waals surface area contributed by atoms with Gasteiger partial charge in [-0.1, -0.05) is 20.8 Å². The molecule has 0 aromatic rings. The van der Waals surface area contributed by atoms with Gasteiger partial charge in [0.2, 0.25) is 0 Å². The van der Waals surface area contributed by atoms with Gasteiger partial charge >= 0.3 is 5.97 Å². The van der Waals surface area contributed by atoms with Gasteiger partial charge in [0, 0.05) is 44.7 Å². The van der Waals surface area contributed by atoms with E-state index >= 15 is 0 Å². The highest BCUT2D eigenvalue weighted by atomic mass is 16.5. The summed E-state index contributed by atoms with van der Waals surface area (Å²) in [5.41, 5.74) is -0.403. The normalized spacial score (nSPS) is 19.1. The number of hydrogen-bond acceptors (Lipinski definition) is 7. The summed E-state index contributed by atoms with van der Waals surface area (Å²) in [7, 11) is 0. The van der Waals surface area contributed by atoms with Crippen molar-refractivity contribution in [2.75, 3.05) is 59.1 Å². The zero-order valence-electron chi connectivity index (χ0n) is 14.9. The average molecular weight is 343 g/mol. The van der Waals surface area contributed by atoms with Gasteiger partial charge in [-0.05, 0) is 0 Å². The van der Waals surface area contributed by atoms with Gasteiger partial charge in [0.15, 0.2) is 5.78 Å². The quantitative estimate of drug-likeness (QED) is 0.632. The molecule has 0 radical (unpaired) electrons. The van der Waals surface area contributed by atoms with Crippen LogP contribution in [0.25, 0.3) is 0 Å². The van der Waals surface area contributed by atoms with E-state index in [0.29, 0.717) is 52.3 Å². The first-order valence-corrected chi connectivity index (χ1v) is 8.20. The van der Waals surface area contributed by atoms with E-state index in [1.54, 1.807) is 0 Å². The highest BCUT2D eigenvalue weighted by Gasteiger charge is 2.25. The van der Waals surface area contributed by atoms with Gasteiger partial charge in [0.25, 0.3) is 6.47 Å². The van der Waals surface area contributed by atoms with Crippen molar-refractivity contribution in [1.82, 2.24) is 14.7 Å². The largest absolute Gasteiger partial charge is 0.480 e. The fourth-order valence-electron chi connectivity index (χ4n) is 2.40. The molecule has 0 amide bonds. The van der Waals surface area contributed by atoms with Crippen LogP contribution in [0.1, 0.15) is 20.8 Å². The maximum absolute atomic E-state index is 12.3.